The second kappa shape index (κ2) is 14.0. The summed E-state index contributed by atoms with van der Waals surface area (Å²) < 4.78 is 15.8. The van der Waals surface area contributed by atoms with Crippen molar-refractivity contribution in [1.82, 2.24) is 19.6 Å². The van der Waals surface area contributed by atoms with Crippen LogP contribution in [0, 0.1) is 11.2 Å². The Morgan fingerprint density at radius 3 is 2.43 bits per heavy atom. The summed E-state index contributed by atoms with van der Waals surface area (Å²) in [6, 6.07) is 13.1. The third-order valence-corrected chi connectivity index (χ3v) is 11.6. The number of thioether (sulfide) groups is 1. The molecular formula is C36H51FN6O3S. The number of carbonyl (C=O) groups is 3. The number of rotatable bonds is 7. The monoisotopic (exact) mass is 666 g/mol. The Morgan fingerprint density at radius 1 is 0.979 bits per heavy atom. The van der Waals surface area contributed by atoms with Crippen molar-refractivity contribution < 1.29 is 20.2 Å². The molecule has 4 amide bonds. The number of benzene rings is 2. The lowest BCUT2D eigenvalue weighted by molar-refractivity contribution is -0.137. The summed E-state index contributed by atoms with van der Waals surface area (Å²) in [5.74, 6) is -0.436. The lowest BCUT2D eigenvalue weighted by Gasteiger charge is -2.38. The van der Waals surface area contributed by atoms with E-state index < -0.39 is 10.6 Å². The molecule has 0 spiro atoms. The molecule has 2 atom stereocenters. The van der Waals surface area contributed by atoms with E-state index in [4.69, 9.17) is 0 Å². The third-order valence-electron chi connectivity index (χ3n) is 10.1. The van der Waals surface area contributed by atoms with Crippen LogP contribution in [0.4, 0.5) is 20.6 Å². The van der Waals surface area contributed by atoms with E-state index in [9.17, 15) is 14.4 Å². The molecule has 0 bridgehead atoms. The van der Waals surface area contributed by atoms with E-state index in [1.54, 1.807) is 6.07 Å². The summed E-state index contributed by atoms with van der Waals surface area (Å²) in [5, 5.41) is 2.00. The maximum absolute atomic E-state index is 15.8. The maximum atomic E-state index is 15.8. The molecule has 0 aliphatic carbocycles. The summed E-state index contributed by atoms with van der Waals surface area (Å²) in [6.07, 6.45) is 3.06. The molecule has 9 nitrogen and oxygen atoms in total. The number of hydrogen-bond donors (Lipinski definition) is 1. The molecule has 2 aromatic carbocycles. The number of hydrogen-bond acceptors (Lipinski definition) is 6. The average molecular weight is 667 g/mol. The van der Waals surface area contributed by atoms with Crippen LogP contribution in [-0.2, 0) is 16.0 Å². The number of amides is 4. The Bertz CT molecular complexity index is 1470. The second-order valence-corrected chi connectivity index (χ2v) is 15.9. The van der Waals surface area contributed by atoms with Crippen molar-refractivity contribution in [2.75, 3.05) is 69.6 Å². The minimum Gasteiger partial charge on any atom is -0.369 e. The van der Waals surface area contributed by atoms with Crippen LogP contribution >= 0.6 is 11.8 Å². The van der Waals surface area contributed by atoms with E-state index in [1.807, 2.05) is 39.0 Å². The second-order valence-electron chi connectivity index (χ2n) is 14.6. The molecule has 0 saturated carbocycles. The number of halogens is 1. The quantitative estimate of drug-likeness (QED) is 0.410. The molecule has 256 valence electrons. The minimum absolute atomic E-state index is 0. The van der Waals surface area contributed by atoms with Crippen LogP contribution < -0.4 is 10.2 Å². The van der Waals surface area contributed by atoms with Crippen LogP contribution in [0.2, 0.25) is 0 Å². The first-order valence-electron chi connectivity index (χ1n) is 17.1. The number of piperazine rings is 1. The molecule has 3 saturated heterocycles. The Kier molecular flexibility index (Phi) is 10.0. The van der Waals surface area contributed by atoms with Gasteiger partial charge in [0.1, 0.15) is 11.2 Å². The fourth-order valence-electron chi connectivity index (χ4n) is 7.18. The van der Waals surface area contributed by atoms with E-state index in [2.05, 4.69) is 49.0 Å². The first-order valence-corrected chi connectivity index (χ1v) is 18.0. The normalized spacial score (nSPS) is 23.2. The van der Waals surface area contributed by atoms with Gasteiger partial charge in [0.05, 0.1) is 5.25 Å². The highest BCUT2D eigenvalue weighted by Crippen LogP contribution is 2.49. The fourth-order valence-corrected chi connectivity index (χ4v) is 8.70. The number of piperidine rings is 1. The molecule has 2 unspecified atom stereocenters. The number of anilines is 2. The predicted octanol–water partition coefficient (Wildman–Crippen LogP) is 5.67. The van der Waals surface area contributed by atoms with Crippen molar-refractivity contribution in [2.24, 2.45) is 5.41 Å². The van der Waals surface area contributed by atoms with E-state index in [1.165, 1.54) is 17.8 Å². The zero-order chi connectivity index (χ0) is 33.3. The molecule has 1 N–H and O–H groups in total. The van der Waals surface area contributed by atoms with Gasteiger partial charge in [-0.2, -0.15) is 0 Å². The number of fused-ring (bicyclic) bond motifs is 1. The SMILES string of the molecule is CN1CCN(c2cccc(F)c2C2SC(CC(=O)N3CCC(N4CCc5ccccc5NC4=O)CC3)C(=O)N2CCC(C)(C)C)CC1.[HH]. The summed E-state index contributed by atoms with van der Waals surface area (Å²) in [4.78, 5) is 50.9. The molecule has 4 aliphatic heterocycles. The lowest BCUT2D eigenvalue weighted by atomic mass is 9.92. The molecule has 0 aromatic heterocycles. The zero-order valence-electron chi connectivity index (χ0n) is 28.2. The Morgan fingerprint density at radius 2 is 1.70 bits per heavy atom. The Labute approximate surface area is 284 Å². The van der Waals surface area contributed by atoms with Crippen molar-refractivity contribution >= 4 is 41.0 Å². The largest absolute Gasteiger partial charge is 0.369 e. The Balaban J connectivity index is 0.00000451. The number of likely N-dealkylation sites (tertiary alicyclic amines) is 1. The van der Waals surface area contributed by atoms with Gasteiger partial charge in [0.25, 0.3) is 0 Å². The molecule has 6 rings (SSSR count). The molecule has 0 radical (unpaired) electrons. The molecule has 11 heteroatoms. The predicted molar refractivity (Wildman–Crippen MR) is 188 cm³/mol. The maximum Gasteiger partial charge on any atom is 0.322 e. The van der Waals surface area contributed by atoms with Crippen LogP contribution in [0.25, 0.3) is 0 Å². The van der Waals surface area contributed by atoms with Crippen LogP contribution in [0.1, 0.15) is 64.4 Å². The summed E-state index contributed by atoms with van der Waals surface area (Å²) >= 11 is 1.43. The zero-order valence-corrected chi connectivity index (χ0v) is 29.0. The summed E-state index contributed by atoms with van der Waals surface area (Å²) in [6.45, 7) is 12.1. The van der Waals surface area contributed by atoms with Gasteiger partial charge in [-0.25, -0.2) is 9.18 Å². The fraction of sp³-hybridized carbons (Fsp3) is 0.583. The molecule has 2 aromatic rings. The first-order chi connectivity index (χ1) is 22.5. The average Bonchev–Trinajstić information content (AvgIpc) is 3.23. The van der Waals surface area contributed by atoms with Crippen molar-refractivity contribution in [3.8, 4) is 0 Å². The highest BCUT2D eigenvalue weighted by molar-refractivity contribution is 8.01. The molecule has 4 heterocycles. The van der Waals surface area contributed by atoms with Crippen LogP contribution in [0.3, 0.4) is 0 Å². The molecule has 4 aliphatic rings. The number of carbonyl (C=O) groups excluding carboxylic acids is 3. The molecular weight excluding hydrogens is 616 g/mol. The lowest BCUT2D eigenvalue weighted by Crippen LogP contribution is -2.50. The van der Waals surface area contributed by atoms with E-state index >= 15 is 4.39 Å². The van der Waals surface area contributed by atoms with Gasteiger partial charge in [0.2, 0.25) is 11.8 Å². The summed E-state index contributed by atoms with van der Waals surface area (Å²) in [7, 11) is 2.10. The smallest absolute Gasteiger partial charge is 0.322 e. The number of urea groups is 1. The number of nitrogens with zero attached hydrogens (tertiary/aromatic N) is 5. The Hall–Kier alpha value is -3.31. The van der Waals surface area contributed by atoms with Crippen LogP contribution in [-0.4, -0.2) is 108 Å². The third kappa shape index (κ3) is 7.56. The highest BCUT2D eigenvalue weighted by atomic mass is 32.2. The summed E-state index contributed by atoms with van der Waals surface area (Å²) in [5.41, 5.74) is 3.40. The first kappa shape index (κ1) is 33.6. The van der Waals surface area contributed by atoms with Gasteiger partial charge in [0.15, 0.2) is 0 Å². The van der Waals surface area contributed by atoms with Crippen LogP contribution in [0.15, 0.2) is 42.5 Å². The molecule has 47 heavy (non-hydrogen) atoms. The minimum atomic E-state index is -0.569. The number of likely N-dealkylation sites (N-methyl/N-ethyl adjacent to an activating group) is 1. The van der Waals surface area contributed by atoms with Gasteiger partial charge < -0.3 is 29.8 Å². The van der Waals surface area contributed by atoms with Gasteiger partial charge in [-0.15, -0.1) is 11.8 Å². The van der Waals surface area contributed by atoms with Gasteiger partial charge in [-0.05, 0) is 61.9 Å². The van der Waals surface area contributed by atoms with Crippen molar-refractivity contribution in [3.05, 3.63) is 59.4 Å². The number of para-hydroxylation sites is 1. The van der Waals surface area contributed by atoms with Gasteiger partial charge in [0, 0.05) is 83.2 Å². The topological polar surface area (TPSA) is 79.4 Å². The van der Waals surface area contributed by atoms with E-state index in [0.717, 1.165) is 56.0 Å². The van der Waals surface area contributed by atoms with Crippen molar-refractivity contribution in [2.45, 2.75) is 69.5 Å². The van der Waals surface area contributed by atoms with Crippen LogP contribution in [0.5, 0.6) is 0 Å². The van der Waals surface area contributed by atoms with Crippen molar-refractivity contribution in [3.63, 3.8) is 0 Å². The van der Waals surface area contributed by atoms with Gasteiger partial charge in [-0.3, -0.25) is 9.59 Å². The van der Waals surface area contributed by atoms with Gasteiger partial charge in [-0.1, -0.05) is 45.0 Å². The highest BCUT2D eigenvalue weighted by Gasteiger charge is 2.45. The molecule has 3 fully saturated rings. The van der Waals surface area contributed by atoms with E-state index in [0.29, 0.717) is 44.6 Å². The van der Waals surface area contributed by atoms with E-state index in [-0.39, 0.29) is 43.0 Å². The van der Waals surface area contributed by atoms with Gasteiger partial charge >= 0.3 is 6.03 Å². The van der Waals surface area contributed by atoms with Crippen molar-refractivity contribution in [1.29, 1.82) is 0 Å². The standard InChI is InChI=1S/C36H49FN6O3S.H2/c1-36(2,3)15-19-43-33(45)30(47-34(43)32-27(37)9-7-11-29(32)40-22-20-39(4)21-23-40)24-31(44)41-16-13-26(14-17-41)42-18-12-25-8-5-6-10-28(25)38-35(42)46;/h5-11,26,30,34H,12-24H2,1-4H3,(H,38,46);1H. The number of nitrogens with one attached hydrogen (secondary N) is 1.